The highest BCUT2D eigenvalue weighted by atomic mass is 16.1. The Morgan fingerprint density at radius 2 is 1.53 bits per heavy atom. The summed E-state index contributed by atoms with van der Waals surface area (Å²) in [6.45, 7) is 4.07. The molecule has 0 bridgehead atoms. The Bertz CT molecular complexity index is 810. The summed E-state index contributed by atoms with van der Waals surface area (Å²) in [6.07, 6.45) is 0. The van der Waals surface area contributed by atoms with Gasteiger partial charge in [0.2, 0.25) is 0 Å². The minimum absolute atomic E-state index is 0.0740. The molecule has 19 heavy (non-hydrogen) atoms. The van der Waals surface area contributed by atoms with Crippen LogP contribution in [0.15, 0.2) is 66.0 Å². The number of benzene rings is 2. The second-order valence-electron chi connectivity index (χ2n) is 4.48. The third-order valence-electron chi connectivity index (χ3n) is 3.34. The van der Waals surface area contributed by atoms with Crippen LogP contribution in [0.5, 0.6) is 0 Å². The largest absolute Gasteiger partial charge is 0.333 e. The van der Waals surface area contributed by atoms with Gasteiger partial charge in [-0.3, -0.25) is 9.13 Å². The fourth-order valence-corrected chi connectivity index (χ4v) is 2.31. The van der Waals surface area contributed by atoms with Crippen molar-refractivity contribution in [1.82, 2.24) is 9.13 Å². The molecule has 0 atom stereocenters. The number of aryl methyl sites for hydroxylation is 1. The molecule has 1 heterocycles. The van der Waals surface area contributed by atoms with E-state index in [2.05, 4.69) is 6.58 Å². The molecule has 3 heteroatoms. The average Bonchev–Trinajstić information content (AvgIpc) is 2.72. The number of fused-ring (bicyclic) bond motifs is 1. The van der Waals surface area contributed by atoms with Gasteiger partial charge in [0.05, 0.1) is 16.7 Å². The second-order valence-corrected chi connectivity index (χ2v) is 4.48. The normalized spacial score (nSPS) is 10.8. The molecule has 0 saturated heterocycles. The summed E-state index contributed by atoms with van der Waals surface area (Å²) in [7, 11) is 1.78. The highest BCUT2D eigenvalue weighted by molar-refractivity contribution is 5.82. The van der Waals surface area contributed by atoms with Crippen LogP contribution >= 0.6 is 0 Å². The van der Waals surface area contributed by atoms with Crippen LogP contribution in [0.3, 0.4) is 0 Å². The maximum atomic E-state index is 12.4. The molecule has 1 aromatic heterocycles. The van der Waals surface area contributed by atoms with Crippen molar-refractivity contribution in [3.05, 3.63) is 77.2 Å². The molecule has 0 N–H and O–H groups in total. The van der Waals surface area contributed by atoms with Crippen LogP contribution < -0.4 is 5.69 Å². The Morgan fingerprint density at radius 1 is 0.947 bits per heavy atom. The first-order valence-corrected chi connectivity index (χ1v) is 6.11. The van der Waals surface area contributed by atoms with Crippen LogP contribution in [0.4, 0.5) is 0 Å². The van der Waals surface area contributed by atoms with Gasteiger partial charge in [-0.15, -0.1) is 0 Å². The lowest BCUT2D eigenvalue weighted by molar-refractivity contribution is 0.854. The summed E-state index contributed by atoms with van der Waals surface area (Å²) in [5.41, 5.74) is 3.35. The van der Waals surface area contributed by atoms with Gasteiger partial charge in [-0.05, 0) is 17.7 Å². The van der Waals surface area contributed by atoms with E-state index in [-0.39, 0.29) is 5.69 Å². The summed E-state index contributed by atoms with van der Waals surface area (Å²) in [5, 5.41) is 0. The molecule has 0 saturated carbocycles. The smallest absolute Gasteiger partial charge is 0.295 e. The number of aromatic nitrogens is 2. The number of imidazole rings is 1. The predicted octanol–water partition coefficient (Wildman–Crippen LogP) is 2.86. The molecule has 0 fully saturated rings. The third kappa shape index (κ3) is 1.71. The van der Waals surface area contributed by atoms with E-state index < -0.39 is 0 Å². The van der Waals surface area contributed by atoms with E-state index in [1.54, 1.807) is 16.2 Å². The van der Waals surface area contributed by atoms with E-state index in [1.165, 1.54) is 0 Å². The van der Waals surface area contributed by atoms with Gasteiger partial charge in [0.1, 0.15) is 0 Å². The Labute approximate surface area is 111 Å². The molecule has 0 radical (unpaired) electrons. The fourth-order valence-electron chi connectivity index (χ4n) is 2.31. The molecular formula is C16H14N2O. The zero-order valence-electron chi connectivity index (χ0n) is 10.7. The van der Waals surface area contributed by atoms with Crippen molar-refractivity contribution in [2.45, 2.75) is 0 Å². The molecule has 3 rings (SSSR count). The van der Waals surface area contributed by atoms with Crippen LogP contribution in [-0.4, -0.2) is 9.13 Å². The van der Waals surface area contributed by atoms with Crippen molar-refractivity contribution >= 4 is 16.7 Å². The van der Waals surface area contributed by atoms with Gasteiger partial charge in [0.25, 0.3) is 0 Å². The number of para-hydroxylation sites is 2. The summed E-state index contributed by atoms with van der Waals surface area (Å²) >= 11 is 0. The van der Waals surface area contributed by atoms with E-state index in [9.17, 15) is 4.79 Å². The Kier molecular flexibility index (Phi) is 2.60. The first kappa shape index (κ1) is 11.5. The van der Waals surface area contributed by atoms with Crippen molar-refractivity contribution in [2.75, 3.05) is 0 Å². The number of nitrogens with zero attached hydrogens (tertiary/aromatic N) is 2. The van der Waals surface area contributed by atoms with Crippen molar-refractivity contribution in [3.8, 4) is 0 Å². The lowest BCUT2D eigenvalue weighted by Gasteiger charge is -2.07. The summed E-state index contributed by atoms with van der Waals surface area (Å²) in [4.78, 5) is 12.4. The minimum Gasteiger partial charge on any atom is -0.295 e. The first-order chi connectivity index (χ1) is 9.20. The molecule has 0 unspecified atom stereocenters. The monoisotopic (exact) mass is 250 g/mol. The maximum Gasteiger partial charge on any atom is 0.333 e. The second kappa shape index (κ2) is 4.28. The maximum absolute atomic E-state index is 12.4. The molecule has 0 aliphatic heterocycles. The van der Waals surface area contributed by atoms with Crippen LogP contribution in [0.25, 0.3) is 16.7 Å². The van der Waals surface area contributed by atoms with Gasteiger partial charge in [-0.1, -0.05) is 49.0 Å². The Morgan fingerprint density at radius 3 is 2.21 bits per heavy atom. The van der Waals surface area contributed by atoms with Crippen LogP contribution in [-0.2, 0) is 7.05 Å². The lowest BCUT2D eigenvalue weighted by Crippen LogP contribution is -2.21. The molecule has 0 aliphatic rings. The van der Waals surface area contributed by atoms with Gasteiger partial charge in [-0.2, -0.15) is 0 Å². The van der Waals surface area contributed by atoms with Crippen molar-refractivity contribution in [2.24, 2.45) is 7.05 Å². The van der Waals surface area contributed by atoms with E-state index in [1.807, 2.05) is 54.6 Å². The van der Waals surface area contributed by atoms with E-state index in [0.717, 1.165) is 16.6 Å². The molecule has 2 aromatic carbocycles. The SMILES string of the molecule is C=C(c1ccccc1)n1c(=O)n(C)c2ccccc21. The van der Waals surface area contributed by atoms with Gasteiger partial charge < -0.3 is 0 Å². The van der Waals surface area contributed by atoms with Crippen molar-refractivity contribution < 1.29 is 0 Å². The van der Waals surface area contributed by atoms with Crippen LogP contribution in [0.1, 0.15) is 5.56 Å². The summed E-state index contributed by atoms with van der Waals surface area (Å²) < 4.78 is 3.30. The molecule has 0 aliphatic carbocycles. The van der Waals surface area contributed by atoms with Gasteiger partial charge in [-0.25, -0.2) is 4.79 Å². The van der Waals surface area contributed by atoms with Gasteiger partial charge in [0.15, 0.2) is 0 Å². The predicted molar refractivity (Wildman–Crippen MR) is 78.1 cm³/mol. The van der Waals surface area contributed by atoms with Crippen molar-refractivity contribution in [3.63, 3.8) is 0 Å². The quantitative estimate of drug-likeness (QED) is 0.687. The molecule has 3 aromatic rings. The fraction of sp³-hybridized carbons (Fsp3) is 0.0625. The van der Waals surface area contributed by atoms with E-state index >= 15 is 0 Å². The Hall–Kier alpha value is -2.55. The van der Waals surface area contributed by atoms with Crippen molar-refractivity contribution in [1.29, 1.82) is 0 Å². The molecular weight excluding hydrogens is 236 g/mol. The number of rotatable bonds is 2. The number of hydrogen-bond acceptors (Lipinski definition) is 1. The topological polar surface area (TPSA) is 26.9 Å². The summed E-state index contributed by atoms with van der Waals surface area (Å²) in [5.74, 6) is 0. The molecule has 94 valence electrons. The lowest BCUT2D eigenvalue weighted by atomic mass is 10.2. The minimum atomic E-state index is -0.0740. The standard InChI is InChI=1S/C16H14N2O/c1-12(13-8-4-3-5-9-13)18-15-11-7-6-10-14(15)17(2)16(18)19/h3-11H,1H2,2H3. The van der Waals surface area contributed by atoms with Crippen LogP contribution in [0.2, 0.25) is 0 Å². The highest BCUT2D eigenvalue weighted by Crippen LogP contribution is 2.19. The third-order valence-corrected chi connectivity index (χ3v) is 3.34. The zero-order valence-corrected chi connectivity index (χ0v) is 10.7. The average molecular weight is 250 g/mol. The van der Waals surface area contributed by atoms with Crippen LogP contribution in [0, 0.1) is 0 Å². The highest BCUT2D eigenvalue weighted by Gasteiger charge is 2.13. The van der Waals surface area contributed by atoms with Gasteiger partial charge >= 0.3 is 5.69 Å². The zero-order chi connectivity index (χ0) is 13.4. The molecule has 3 nitrogen and oxygen atoms in total. The first-order valence-electron chi connectivity index (χ1n) is 6.11. The van der Waals surface area contributed by atoms with E-state index in [4.69, 9.17) is 0 Å². The molecule has 0 amide bonds. The molecule has 0 spiro atoms. The summed E-state index contributed by atoms with van der Waals surface area (Å²) in [6, 6.07) is 17.5. The van der Waals surface area contributed by atoms with Gasteiger partial charge in [0, 0.05) is 7.05 Å². The van der Waals surface area contributed by atoms with E-state index in [0.29, 0.717) is 5.70 Å². The number of hydrogen-bond donors (Lipinski definition) is 0. The Balaban J connectivity index is 2.30.